The second kappa shape index (κ2) is 7.70. The van der Waals surface area contributed by atoms with Crippen LogP contribution in [0.1, 0.15) is 29.6 Å². The van der Waals surface area contributed by atoms with Gasteiger partial charge in [0.05, 0.1) is 5.69 Å². The minimum absolute atomic E-state index is 0.102. The molecule has 4 nitrogen and oxygen atoms in total. The molecule has 0 unspecified atom stereocenters. The van der Waals surface area contributed by atoms with E-state index >= 15 is 0 Å². The number of rotatable bonds is 4. The number of carbonyl (C=O) groups is 1. The fraction of sp³-hybridized carbons (Fsp3) is 0.238. The summed E-state index contributed by atoms with van der Waals surface area (Å²) in [5, 5.41) is 6.16. The largest absolute Gasteiger partial charge is 0.348 e. The van der Waals surface area contributed by atoms with E-state index in [4.69, 9.17) is 4.98 Å². The van der Waals surface area contributed by atoms with E-state index in [0.29, 0.717) is 5.56 Å². The minimum atomic E-state index is -0.102. The van der Waals surface area contributed by atoms with Crippen LogP contribution in [0.3, 0.4) is 0 Å². The van der Waals surface area contributed by atoms with E-state index in [-0.39, 0.29) is 5.91 Å². The summed E-state index contributed by atoms with van der Waals surface area (Å²) in [5.74, 6) is -0.102. The molecule has 5 heteroatoms. The zero-order chi connectivity index (χ0) is 17.8. The molecular weight excluding hydrogens is 342 g/mol. The maximum atomic E-state index is 12.3. The van der Waals surface area contributed by atoms with Crippen LogP contribution >= 0.6 is 11.3 Å². The van der Waals surface area contributed by atoms with Gasteiger partial charge in [-0.3, -0.25) is 4.79 Å². The summed E-state index contributed by atoms with van der Waals surface area (Å²) >= 11 is 1.70. The van der Waals surface area contributed by atoms with E-state index in [9.17, 15) is 4.79 Å². The minimum Gasteiger partial charge on any atom is -0.348 e. The van der Waals surface area contributed by atoms with E-state index in [0.717, 1.165) is 35.2 Å². The molecule has 2 heterocycles. The van der Waals surface area contributed by atoms with Crippen molar-refractivity contribution in [2.45, 2.75) is 19.3 Å². The lowest BCUT2D eigenvalue weighted by molar-refractivity contribution is 0.102. The van der Waals surface area contributed by atoms with Crippen LogP contribution in [-0.2, 0) is 0 Å². The molecule has 0 bridgehead atoms. The van der Waals surface area contributed by atoms with Crippen LogP contribution in [0.5, 0.6) is 0 Å². The summed E-state index contributed by atoms with van der Waals surface area (Å²) < 4.78 is 0. The molecule has 132 valence electrons. The van der Waals surface area contributed by atoms with Gasteiger partial charge in [0.15, 0.2) is 5.13 Å². The van der Waals surface area contributed by atoms with E-state index < -0.39 is 0 Å². The lowest BCUT2D eigenvalue weighted by Crippen LogP contribution is -2.29. The zero-order valence-electron chi connectivity index (χ0n) is 14.5. The van der Waals surface area contributed by atoms with Crippen LogP contribution in [0.15, 0.2) is 60.0 Å². The Labute approximate surface area is 157 Å². The average molecular weight is 363 g/mol. The van der Waals surface area contributed by atoms with Crippen molar-refractivity contribution in [3.8, 4) is 11.3 Å². The number of nitrogens with one attached hydrogen (secondary N) is 1. The molecule has 1 saturated heterocycles. The van der Waals surface area contributed by atoms with Crippen molar-refractivity contribution in [2.75, 3.05) is 23.3 Å². The Bertz CT molecular complexity index is 885. The Hall–Kier alpha value is -2.66. The normalized spacial score (nSPS) is 14.2. The molecule has 1 fully saturated rings. The number of thiazole rings is 1. The second-order valence-corrected chi connectivity index (χ2v) is 7.30. The lowest BCUT2D eigenvalue weighted by Gasteiger charge is -2.25. The number of piperidine rings is 1. The van der Waals surface area contributed by atoms with Gasteiger partial charge in [-0.05, 0) is 43.5 Å². The van der Waals surface area contributed by atoms with Crippen LogP contribution in [0.2, 0.25) is 0 Å². The number of hydrogen-bond donors (Lipinski definition) is 1. The molecule has 1 N–H and O–H groups in total. The van der Waals surface area contributed by atoms with Crippen molar-refractivity contribution in [3.05, 3.63) is 65.5 Å². The summed E-state index contributed by atoms with van der Waals surface area (Å²) in [6.07, 6.45) is 3.81. The zero-order valence-corrected chi connectivity index (χ0v) is 15.3. The molecule has 1 aliphatic heterocycles. The topological polar surface area (TPSA) is 45.2 Å². The van der Waals surface area contributed by atoms with Crippen molar-refractivity contribution in [1.82, 2.24) is 4.98 Å². The van der Waals surface area contributed by atoms with Gasteiger partial charge in [-0.2, -0.15) is 0 Å². The quantitative estimate of drug-likeness (QED) is 0.705. The Balaban J connectivity index is 1.51. The van der Waals surface area contributed by atoms with Gasteiger partial charge in [0.25, 0.3) is 5.91 Å². The third-order valence-electron chi connectivity index (χ3n) is 4.57. The highest BCUT2D eigenvalue weighted by atomic mass is 32.1. The van der Waals surface area contributed by atoms with Crippen molar-refractivity contribution in [3.63, 3.8) is 0 Å². The monoisotopic (exact) mass is 363 g/mol. The summed E-state index contributed by atoms with van der Waals surface area (Å²) in [4.78, 5) is 19.5. The summed E-state index contributed by atoms with van der Waals surface area (Å²) in [6, 6.07) is 17.1. The molecule has 0 aliphatic carbocycles. The predicted molar refractivity (Wildman–Crippen MR) is 108 cm³/mol. The second-order valence-electron chi connectivity index (χ2n) is 6.46. The molecule has 0 spiro atoms. The molecule has 1 aromatic heterocycles. The molecule has 2 aromatic carbocycles. The van der Waals surface area contributed by atoms with Crippen molar-refractivity contribution < 1.29 is 4.79 Å². The van der Waals surface area contributed by atoms with Gasteiger partial charge in [-0.25, -0.2) is 4.98 Å². The number of carbonyl (C=O) groups excluding carboxylic acids is 1. The average Bonchev–Trinajstić information content (AvgIpc) is 3.20. The van der Waals surface area contributed by atoms with Crippen LogP contribution in [-0.4, -0.2) is 24.0 Å². The number of anilines is 2. The van der Waals surface area contributed by atoms with Gasteiger partial charge in [-0.1, -0.05) is 30.3 Å². The van der Waals surface area contributed by atoms with Crippen LogP contribution in [0.4, 0.5) is 10.8 Å². The van der Waals surface area contributed by atoms with Gasteiger partial charge in [0, 0.05) is 35.3 Å². The molecule has 1 amide bonds. The summed E-state index contributed by atoms with van der Waals surface area (Å²) in [6.45, 7) is 2.19. The Kier molecular flexibility index (Phi) is 4.97. The highest BCUT2D eigenvalue weighted by molar-refractivity contribution is 7.14. The van der Waals surface area contributed by atoms with E-state index in [1.807, 2.05) is 54.6 Å². The Morgan fingerprint density at radius 3 is 2.62 bits per heavy atom. The van der Waals surface area contributed by atoms with Crippen molar-refractivity contribution >= 4 is 28.1 Å². The smallest absolute Gasteiger partial charge is 0.255 e. The van der Waals surface area contributed by atoms with Gasteiger partial charge < -0.3 is 10.2 Å². The van der Waals surface area contributed by atoms with E-state index in [1.165, 1.54) is 19.3 Å². The first kappa shape index (κ1) is 16.8. The number of nitrogens with zero attached hydrogens (tertiary/aromatic N) is 2. The predicted octanol–water partition coefficient (Wildman–Crippen LogP) is 5.05. The van der Waals surface area contributed by atoms with Crippen LogP contribution < -0.4 is 10.2 Å². The first-order valence-electron chi connectivity index (χ1n) is 8.97. The fourth-order valence-electron chi connectivity index (χ4n) is 3.18. The molecular formula is C21H21N3OS. The summed E-state index contributed by atoms with van der Waals surface area (Å²) in [5.41, 5.74) is 3.42. The SMILES string of the molecule is O=C(Nc1cccc(-c2csc(N3CCCCC3)n2)c1)c1ccccc1. The third kappa shape index (κ3) is 3.78. The standard InChI is InChI=1S/C21H21N3OS/c25-20(16-8-3-1-4-9-16)22-18-11-7-10-17(14-18)19-15-26-21(23-19)24-12-5-2-6-13-24/h1,3-4,7-11,14-15H,2,5-6,12-13H2,(H,22,25). The van der Waals surface area contributed by atoms with Crippen molar-refractivity contribution in [2.24, 2.45) is 0 Å². The maximum absolute atomic E-state index is 12.3. The molecule has 0 radical (unpaired) electrons. The molecule has 1 aliphatic rings. The Morgan fingerprint density at radius 1 is 1.00 bits per heavy atom. The lowest BCUT2D eigenvalue weighted by atomic mass is 10.1. The fourth-order valence-corrected chi connectivity index (χ4v) is 4.06. The van der Waals surface area contributed by atoms with Crippen molar-refractivity contribution in [1.29, 1.82) is 0 Å². The van der Waals surface area contributed by atoms with E-state index in [1.54, 1.807) is 11.3 Å². The van der Waals surface area contributed by atoms with Gasteiger partial charge in [0.1, 0.15) is 0 Å². The first-order valence-corrected chi connectivity index (χ1v) is 9.85. The number of aromatic nitrogens is 1. The molecule has 3 aromatic rings. The van der Waals surface area contributed by atoms with Gasteiger partial charge in [-0.15, -0.1) is 11.3 Å². The van der Waals surface area contributed by atoms with Crippen LogP contribution in [0.25, 0.3) is 11.3 Å². The summed E-state index contributed by atoms with van der Waals surface area (Å²) in [7, 11) is 0. The maximum Gasteiger partial charge on any atom is 0.255 e. The van der Waals surface area contributed by atoms with E-state index in [2.05, 4.69) is 15.6 Å². The molecule has 0 atom stereocenters. The molecule has 4 rings (SSSR count). The highest BCUT2D eigenvalue weighted by Gasteiger charge is 2.15. The number of amides is 1. The van der Waals surface area contributed by atoms with Crippen LogP contribution in [0, 0.1) is 0 Å². The Morgan fingerprint density at radius 2 is 1.81 bits per heavy atom. The molecule has 26 heavy (non-hydrogen) atoms. The number of hydrogen-bond acceptors (Lipinski definition) is 4. The number of benzene rings is 2. The van der Waals surface area contributed by atoms with Gasteiger partial charge in [0.2, 0.25) is 0 Å². The first-order chi connectivity index (χ1) is 12.8. The van der Waals surface area contributed by atoms with Gasteiger partial charge >= 0.3 is 0 Å². The third-order valence-corrected chi connectivity index (χ3v) is 5.47. The highest BCUT2D eigenvalue weighted by Crippen LogP contribution is 2.30. The molecule has 0 saturated carbocycles.